The standard InChI is InChI=1S/C12H14N2O3/c1-16-8-2-3-9-10(6-8)14-4-5-17-7-11(14)12(15)13-9/h2-3,6,11H,4-5,7H2,1H3,(H,13,15). The number of nitrogens with one attached hydrogen (secondary N) is 1. The molecule has 1 fully saturated rings. The zero-order valence-corrected chi connectivity index (χ0v) is 9.60. The first-order valence-corrected chi connectivity index (χ1v) is 5.63. The van der Waals surface area contributed by atoms with Gasteiger partial charge in [0.05, 0.1) is 31.7 Å². The van der Waals surface area contributed by atoms with Crippen LogP contribution in [0.4, 0.5) is 11.4 Å². The van der Waals surface area contributed by atoms with Crippen molar-refractivity contribution in [1.82, 2.24) is 0 Å². The number of nitrogens with zero attached hydrogens (tertiary/aromatic N) is 1. The molecule has 2 heterocycles. The fraction of sp³-hybridized carbons (Fsp3) is 0.417. The van der Waals surface area contributed by atoms with Crippen LogP contribution >= 0.6 is 0 Å². The van der Waals surface area contributed by atoms with Crippen LogP contribution in [0, 0.1) is 0 Å². The monoisotopic (exact) mass is 234 g/mol. The lowest BCUT2D eigenvalue weighted by Crippen LogP contribution is -2.54. The number of carbonyl (C=O) groups excluding carboxylic acids is 1. The number of hydrogen-bond acceptors (Lipinski definition) is 4. The first-order chi connectivity index (χ1) is 8.29. The SMILES string of the molecule is COc1ccc2c(c1)N1CCOCC1C(=O)N2. The molecule has 90 valence electrons. The molecular weight excluding hydrogens is 220 g/mol. The molecule has 2 aliphatic heterocycles. The number of fused-ring (bicyclic) bond motifs is 3. The Bertz CT molecular complexity index is 461. The Labute approximate surface area is 99.3 Å². The molecule has 1 unspecified atom stereocenters. The highest BCUT2D eigenvalue weighted by Gasteiger charge is 2.35. The van der Waals surface area contributed by atoms with Gasteiger partial charge >= 0.3 is 0 Å². The van der Waals surface area contributed by atoms with Gasteiger partial charge in [0.15, 0.2) is 0 Å². The van der Waals surface area contributed by atoms with Crippen LogP contribution in [0.5, 0.6) is 5.75 Å². The van der Waals surface area contributed by atoms with E-state index in [0.717, 1.165) is 23.7 Å². The Morgan fingerprint density at radius 1 is 1.53 bits per heavy atom. The van der Waals surface area contributed by atoms with Gasteiger partial charge in [-0.15, -0.1) is 0 Å². The summed E-state index contributed by atoms with van der Waals surface area (Å²) in [5.41, 5.74) is 1.85. The topological polar surface area (TPSA) is 50.8 Å². The largest absolute Gasteiger partial charge is 0.497 e. The molecule has 1 aromatic rings. The Morgan fingerprint density at radius 2 is 2.41 bits per heavy atom. The fourth-order valence-electron chi connectivity index (χ4n) is 2.31. The number of methoxy groups -OCH3 is 1. The zero-order valence-electron chi connectivity index (χ0n) is 9.60. The maximum Gasteiger partial charge on any atom is 0.249 e. The van der Waals surface area contributed by atoms with Crippen LogP contribution in [0.25, 0.3) is 0 Å². The number of anilines is 2. The van der Waals surface area contributed by atoms with Crippen molar-refractivity contribution in [1.29, 1.82) is 0 Å². The van der Waals surface area contributed by atoms with E-state index in [1.165, 1.54) is 0 Å². The molecule has 0 spiro atoms. The van der Waals surface area contributed by atoms with Crippen molar-refractivity contribution in [3.63, 3.8) is 0 Å². The van der Waals surface area contributed by atoms with Gasteiger partial charge in [-0.25, -0.2) is 0 Å². The summed E-state index contributed by atoms with van der Waals surface area (Å²) in [6.45, 7) is 1.83. The summed E-state index contributed by atoms with van der Waals surface area (Å²) in [5.74, 6) is 0.799. The summed E-state index contributed by atoms with van der Waals surface area (Å²) in [5, 5.41) is 2.89. The molecule has 1 aromatic carbocycles. The number of rotatable bonds is 1. The molecule has 5 heteroatoms. The van der Waals surface area contributed by atoms with E-state index in [9.17, 15) is 4.79 Å². The number of benzene rings is 1. The minimum Gasteiger partial charge on any atom is -0.497 e. The minimum atomic E-state index is -0.219. The maximum absolute atomic E-state index is 11.9. The second-order valence-electron chi connectivity index (χ2n) is 4.16. The number of morpholine rings is 1. The van der Waals surface area contributed by atoms with Gasteiger partial charge in [0.25, 0.3) is 0 Å². The molecule has 0 saturated carbocycles. The highest BCUT2D eigenvalue weighted by atomic mass is 16.5. The van der Waals surface area contributed by atoms with Gasteiger partial charge in [0.2, 0.25) is 5.91 Å². The van der Waals surface area contributed by atoms with Crippen molar-refractivity contribution in [2.75, 3.05) is 37.1 Å². The fourth-order valence-corrected chi connectivity index (χ4v) is 2.31. The summed E-state index contributed by atoms with van der Waals surface area (Å²) in [6, 6.07) is 5.45. The van der Waals surface area contributed by atoms with Gasteiger partial charge in [-0.3, -0.25) is 4.79 Å². The van der Waals surface area contributed by atoms with Crippen molar-refractivity contribution < 1.29 is 14.3 Å². The average molecular weight is 234 g/mol. The first kappa shape index (κ1) is 10.4. The summed E-state index contributed by atoms with van der Waals surface area (Å²) in [4.78, 5) is 14.0. The molecule has 0 radical (unpaired) electrons. The van der Waals surface area contributed by atoms with Crippen LogP contribution in [0.2, 0.25) is 0 Å². The minimum absolute atomic E-state index is 0.00219. The van der Waals surface area contributed by atoms with Crippen molar-refractivity contribution in [2.24, 2.45) is 0 Å². The van der Waals surface area contributed by atoms with Crippen LogP contribution in [0.3, 0.4) is 0 Å². The number of amides is 1. The zero-order chi connectivity index (χ0) is 11.8. The molecule has 0 bridgehead atoms. The Balaban J connectivity index is 2.04. The third-order valence-electron chi connectivity index (χ3n) is 3.20. The lowest BCUT2D eigenvalue weighted by molar-refractivity contribution is -0.119. The average Bonchev–Trinajstić information content (AvgIpc) is 2.39. The highest BCUT2D eigenvalue weighted by molar-refractivity contribution is 6.04. The van der Waals surface area contributed by atoms with Crippen LogP contribution in [0.15, 0.2) is 18.2 Å². The molecule has 0 aliphatic carbocycles. The predicted molar refractivity (Wildman–Crippen MR) is 63.6 cm³/mol. The third kappa shape index (κ3) is 1.63. The number of hydrogen-bond donors (Lipinski definition) is 1. The number of ether oxygens (including phenoxy) is 2. The van der Waals surface area contributed by atoms with E-state index in [1.807, 2.05) is 18.2 Å². The van der Waals surface area contributed by atoms with Gasteiger partial charge in [-0.05, 0) is 12.1 Å². The number of carbonyl (C=O) groups is 1. The van der Waals surface area contributed by atoms with Crippen LogP contribution < -0.4 is 15.0 Å². The first-order valence-electron chi connectivity index (χ1n) is 5.63. The summed E-state index contributed by atoms with van der Waals surface area (Å²) in [6.07, 6.45) is 0. The quantitative estimate of drug-likeness (QED) is 0.782. The van der Waals surface area contributed by atoms with Crippen molar-refractivity contribution in [3.8, 4) is 5.75 Å². The molecule has 1 amide bonds. The van der Waals surface area contributed by atoms with Crippen molar-refractivity contribution in [3.05, 3.63) is 18.2 Å². The van der Waals surface area contributed by atoms with Crippen molar-refractivity contribution >= 4 is 17.3 Å². The third-order valence-corrected chi connectivity index (χ3v) is 3.20. The van der Waals surface area contributed by atoms with Gasteiger partial charge in [-0.1, -0.05) is 0 Å². The normalized spacial score (nSPS) is 22.5. The maximum atomic E-state index is 11.9. The highest BCUT2D eigenvalue weighted by Crippen LogP contribution is 2.35. The van der Waals surface area contributed by atoms with E-state index >= 15 is 0 Å². The van der Waals surface area contributed by atoms with E-state index in [1.54, 1.807) is 7.11 Å². The van der Waals surface area contributed by atoms with E-state index in [0.29, 0.717) is 13.2 Å². The van der Waals surface area contributed by atoms with E-state index in [2.05, 4.69) is 10.2 Å². The van der Waals surface area contributed by atoms with E-state index in [4.69, 9.17) is 9.47 Å². The second kappa shape index (κ2) is 3.92. The van der Waals surface area contributed by atoms with Gasteiger partial charge < -0.3 is 19.7 Å². The Morgan fingerprint density at radius 3 is 3.24 bits per heavy atom. The van der Waals surface area contributed by atoms with Crippen LogP contribution in [0.1, 0.15) is 0 Å². The second-order valence-corrected chi connectivity index (χ2v) is 4.16. The molecule has 3 rings (SSSR count). The van der Waals surface area contributed by atoms with Crippen LogP contribution in [-0.2, 0) is 9.53 Å². The molecule has 5 nitrogen and oxygen atoms in total. The molecule has 1 atom stereocenters. The molecule has 1 N–H and O–H groups in total. The summed E-state index contributed by atoms with van der Waals surface area (Å²) in [7, 11) is 1.64. The van der Waals surface area contributed by atoms with Crippen molar-refractivity contribution in [2.45, 2.75) is 6.04 Å². The molecule has 0 aromatic heterocycles. The van der Waals surface area contributed by atoms with E-state index < -0.39 is 0 Å². The summed E-state index contributed by atoms with van der Waals surface area (Å²) >= 11 is 0. The smallest absolute Gasteiger partial charge is 0.249 e. The van der Waals surface area contributed by atoms with Gasteiger partial charge in [0, 0.05) is 12.6 Å². The predicted octanol–water partition coefficient (Wildman–Crippen LogP) is 0.852. The van der Waals surface area contributed by atoms with E-state index in [-0.39, 0.29) is 11.9 Å². The lowest BCUT2D eigenvalue weighted by Gasteiger charge is -2.40. The molecule has 2 aliphatic rings. The Kier molecular flexibility index (Phi) is 2.40. The molecule has 1 saturated heterocycles. The molecular formula is C12H14N2O3. The lowest BCUT2D eigenvalue weighted by atomic mass is 10.1. The van der Waals surface area contributed by atoms with Gasteiger partial charge in [0.1, 0.15) is 11.8 Å². The summed E-state index contributed by atoms with van der Waals surface area (Å²) < 4.78 is 10.6. The van der Waals surface area contributed by atoms with Gasteiger partial charge in [-0.2, -0.15) is 0 Å². The van der Waals surface area contributed by atoms with Crippen LogP contribution in [-0.4, -0.2) is 38.8 Å². The Hall–Kier alpha value is -1.75. The molecule has 17 heavy (non-hydrogen) atoms.